The average molecular weight is 199 g/mol. The van der Waals surface area contributed by atoms with Gasteiger partial charge in [0.15, 0.2) is 0 Å². The van der Waals surface area contributed by atoms with Gasteiger partial charge in [-0.1, -0.05) is 0 Å². The predicted octanol–water partition coefficient (Wildman–Crippen LogP) is -0.195. The van der Waals surface area contributed by atoms with Crippen molar-refractivity contribution in [3.8, 4) is 0 Å². The van der Waals surface area contributed by atoms with Crippen LogP contribution in [0, 0.1) is 0 Å². The van der Waals surface area contributed by atoms with Crippen LogP contribution in [0.5, 0.6) is 0 Å². The molecule has 0 aromatic carbocycles. The van der Waals surface area contributed by atoms with Crippen LogP contribution in [-0.4, -0.2) is 50.1 Å². The summed E-state index contributed by atoms with van der Waals surface area (Å²) in [5.41, 5.74) is 0. The first-order valence-electron chi connectivity index (χ1n) is 5.29. The van der Waals surface area contributed by atoms with Gasteiger partial charge in [-0.15, -0.1) is 0 Å². The van der Waals surface area contributed by atoms with Gasteiger partial charge in [0, 0.05) is 19.6 Å². The highest BCUT2D eigenvalue weighted by Gasteiger charge is 2.20. The lowest BCUT2D eigenvalue weighted by atomic mass is 10.1. The molecular formula is C10H21N3O. The summed E-state index contributed by atoms with van der Waals surface area (Å²) in [6.07, 6.45) is 2.39. The molecule has 1 heterocycles. The van der Waals surface area contributed by atoms with Crippen molar-refractivity contribution in [3.63, 3.8) is 0 Å². The largest absolute Gasteiger partial charge is 0.358 e. The van der Waals surface area contributed by atoms with Crippen molar-refractivity contribution >= 4 is 5.91 Å². The molecule has 1 saturated heterocycles. The molecule has 1 fully saturated rings. The highest BCUT2D eigenvalue weighted by atomic mass is 16.2. The van der Waals surface area contributed by atoms with Crippen molar-refractivity contribution < 1.29 is 4.79 Å². The number of nitrogens with one attached hydrogen (secondary N) is 2. The van der Waals surface area contributed by atoms with Crippen molar-refractivity contribution in [3.05, 3.63) is 0 Å². The maximum atomic E-state index is 11.3. The number of likely N-dealkylation sites (tertiary alicyclic amines) is 1. The van der Waals surface area contributed by atoms with Gasteiger partial charge in [0.05, 0.1) is 6.04 Å². The summed E-state index contributed by atoms with van der Waals surface area (Å²) in [6.45, 7) is 4.13. The zero-order valence-electron chi connectivity index (χ0n) is 9.34. The maximum Gasteiger partial charge on any atom is 0.236 e. The lowest BCUT2D eigenvalue weighted by Gasteiger charge is -2.31. The first-order chi connectivity index (χ1) is 6.63. The minimum atomic E-state index is -0.0866. The van der Waals surface area contributed by atoms with Crippen LogP contribution >= 0.6 is 0 Å². The van der Waals surface area contributed by atoms with Gasteiger partial charge < -0.3 is 15.5 Å². The normalized spacial score (nSPS) is 25.8. The van der Waals surface area contributed by atoms with Crippen molar-refractivity contribution in [1.82, 2.24) is 15.5 Å². The summed E-state index contributed by atoms with van der Waals surface area (Å²) >= 11 is 0. The first-order valence-corrected chi connectivity index (χ1v) is 5.29. The van der Waals surface area contributed by atoms with Crippen molar-refractivity contribution in [2.45, 2.75) is 31.8 Å². The zero-order valence-corrected chi connectivity index (χ0v) is 9.34. The van der Waals surface area contributed by atoms with E-state index >= 15 is 0 Å². The minimum absolute atomic E-state index is 0.0678. The van der Waals surface area contributed by atoms with E-state index in [0.717, 1.165) is 6.54 Å². The molecule has 82 valence electrons. The Hall–Kier alpha value is -0.610. The van der Waals surface area contributed by atoms with Crippen LogP contribution < -0.4 is 10.6 Å². The number of piperidine rings is 1. The second kappa shape index (κ2) is 5.32. The van der Waals surface area contributed by atoms with E-state index in [1.165, 1.54) is 19.4 Å². The fourth-order valence-electron chi connectivity index (χ4n) is 1.95. The monoisotopic (exact) mass is 199 g/mol. The first kappa shape index (κ1) is 11.5. The molecule has 1 aliphatic heterocycles. The summed E-state index contributed by atoms with van der Waals surface area (Å²) in [5.74, 6) is 0.0678. The molecule has 0 spiro atoms. The summed E-state index contributed by atoms with van der Waals surface area (Å²) in [7, 11) is 3.80. The highest BCUT2D eigenvalue weighted by molar-refractivity contribution is 5.80. The topological polar surface area (TPSA) is 44.4 Å². The van der Waals surface area contributed by atoms with Crippen LogP contribution in [-0.2, 0) is 4.79 Å². The Morgan fingerprint density at radius 3 is 2.86 bits per heavy atom. The Morgan fingerprint density at radius 2 is 2.29 bits per heavy atom. The van der Waals surface area contributed by atoms with Crippen molar-refractivity contribution in [2.75, 3.05) is 27.2 Å². The Morgan fingerprint density at radius 1 is 1.57 bits per heavy atom. The minimum Gasteiger partial charge on any atom is -0.358 e. The van der Waals surface area contributed by atoms with Crippen molar-refractivity contribution in [2.24, 2.45) is 0 Å². The zero-order chi connectivity index (χ0) is 10.6. The fraction of sp³-hybridized carbons (Fsp3) is 0.900. The molecule has 0 aromatic heterocycles. The van der Waals surface area contributed by atoms with Gasteiger partial charge in [0.2, 0.25) is 5.91 Å². The summed E-state index contributed by atoms with van der Waals surface area (Å²) in [6, 6.07) is 0.373. The number of carbonyl (C=O) groups excluding carboxylic acids is 1. The molecule has 1 aliphatic rings. The third-order valence-corrected chi connectivity index (χ3v) is 2.75. The molecule has 2 atom stereocenters. The molecule has 2 unspecified atom stereocenters. The molecule has 0 aromatic rings. The second-order valence-electron chi connectivity index (χ2n) is 4.10. The summed E-state index contributed by atoms with van der Waals surface area (Å²) in [4.78, 5) is 13.6. The molecule has 1 rings (SSSR count). The smallest absolute Gasteiger partial charge is 0.236 e. The molecule has 14 heavy (non-hydrogen) atoms. The molecule has 0 radical (unpaired) electrons. The van der Waals surface area contributed by atoms with E-state index < -0.39 is 0 Å². The molecule has 0 saturated carbocycles. The molecule has 1 amide bonds. The molecule has 2 N–H and O–H groups in total. The number of carbonyl (C=O) groups is 1. The number of hydrogen-bond acceptors (Lipinski definition) is 3. The Kier molecular flexibility index (Phi) is 4.35. The van der Waals surface area contributed by atoms with Crippen LogP contribution in [0.3, 0.4) is 0 Å². The predicted molar refractivity (Wildman–Crippen MR) is 57.2 cm³/mol. The number of amides is 1. The van der Waals surface area contributed by atoms with E-state index in [1.807, 2.05) is 6.92 Å². The molecular weight excluding hydrogens is 178 g/mol. The molecule has 4 nitrogen and oxygen atoms in total. The second-order valence-corrected chi connectivity index (χ2v) is 4.10. The van der Waals surface area contributed by atoms with Gasteiger partial charge in [0.25, 0.3) is 0 Å². The lowest BCUT2D eigenvalue weighted by Crippen LogP contribution is -2.51. The summed E-state index contributed by atoms with van der Waals surface area (Å²) < 4.78 is 0. The van der Waals surface area contributed by atoms with Gasteiger partial charge in [0.1, 0.15) is 0 Å². The SMILES string of the molecule is CNC(=O)C(C)NC1CCCN(C)C1. The van der Waals surface area contributed by atoms with E-state index in [2.05, 4.69) is 22.6 Å². The van der Waals surface area contributed by atoms with Crippen LogP contribution in [0.1, 0.15) is 19.8 Å². The summed E-state index contributed by atoms with van der Waals surface area (Å²) in [5, 5.41) is 6.00. The third kappa shape index (κ3) is 3.27. The number of likely N-dealkylation sites (N-methyl/N-ethyl adjacent to an activating group) is 2. The fourth-order valence-corrected chi connectivity index (χ4v) is 1.95. The van der Waals surface area contributed by atoms with E-state index in [4.69, 9.17) is 0 Å². The van der Waals surface area contributed by atoms with E-state index in [9.17, 15) is 4.79 Å². The maximum absolute atomic E-state index is 11.3. The molecule has 0 bridgehead atoms. The standard InChI is InChI=1S/C10H21N3O/c1-8(10(14)11-2)12-9-5-4-6-13(3)7-9/h8-9,12H,4-7H2,1-3H3,(H,11,14). The molecule has 0 aliphatic carbocycles. The van der Waals surface area contributed by atoms with Crippen LogP contribution in [0.2, 0.25) is 0 Å². The van der Waals surface area contributed by atoms with Crippen LogP contribution in [0.4, 0.5) is 0 Å². The number of hydrogen-bond donors (Lipinski definition) is 2. The number of rotatable bonds is 3. The quantitative estimate of drug-likeness (QED) is 0.662. The third-order valence-electron chi connectivity index (χ3n) is 2.75. The lowest BCUT2D eigenvalue weighted by molar-refractivity contribution is -0.122. The van der Waals surface area contributed by atoms with Gasteiger partial charge in [-0.25, -0.2) is 0 Å². The van der Waals surface area contributed by atoms with Crippen LogP contribution in [0.25, 0.3) is 0 Å². The van der Waals surface area contributed by atoms with Crippen molar-refractivity contribution in [1.29, 1.82) is 0 Å². The van der Waals surface area contributed by atoms with Gasteiger partial charge in [-0.05, 0) is 33.4 Å². The number of nitrogens with zero attached hydrogens (tertiary/aromatic N) is 1. The Labute approximate surface area is 86.0 Å². The van der Waals surface area contributed by atoms with Gasteiger partial charge in [-0.2, -0.15) is 0 Å². The average Bonchev–Trinajstić information content (AvgIpc) is 2.16. The van der Waals surface area contributed by atoms with E-state index in [-0.39, 0.29) is 11.9 Å². The van der Waals surface area contributed by atoms with Gasteiger partial charge in [-0.3, -0.25) is 4.79 Å². The van der Waals surface area contributed by atoms with Crippen LogP contribution in [0.15, 0.2) is 0 Å². The van der Waals surface area contributed by atoms with E-state index in [0.29, 0.717) is 6.04 Å². The molecule has 4 heteroatoms. The Bertz CT molecular complexity index is 196. The Balaban J connectivity index is 2.32. The van der Waals surface area contributed by atoms with Gasteiger partial charge >= 0.3 is 0 Å². The van der Waals surface area contributed by atoms with E-state index in [1.54, 1.807) is 7.05 Å². The highest BCUT2D eigenvalue weighted by Crippen LogP contribution is 2.08.